The average Bonchev–Trinajstić information content (AvgIpc) is 2.47. The van der Waals surface area contributed by atoms with Crippen LogP contribution in [0.2, 0.25) is 5.02 Å². The number of hydrogen-bond donors (Lipinski definition) is 0. The molecule has 0 saturated heterocycles. The Labute approximate surface area is 142 Å². The summed E-state index contributed by atoms with van der Waals surface area (Å²) >= 11 is 13.4. The first-order valence-electron chi connectivity index (χ1n) is 6.79. The molecule has 0 heterocycles. The number of rotatable bonds is 5. The van der Waals surface area contributed by atoms with Crippen LogP contribution in [-0.2, 0) is 6.42 Å². The lowest BCUT2D eigenvalue weighted by Gasteiger charge is -2.14. The highest BCUT2D eigenvalue weighted by Crippen LogP contribution is 2.36. The maximum absolute atomic E-state index is 6.09. The predicted molar refractivity (Wildman–Crippen MR) is 95.0 cm³/mol. The lowest BCUT2D eigenvalue weighted by Crippen LogP contribution is -1.95. The van der Waals surface area contributed by atoms with E-state index >= 15 is 0 Å². The van der Waals surface area contributed by atoms with Gasteiger partial charge in [0.05, 0.1) is 4.83 Å². The molecule has 0 radical (unpaired) electrons. The minimum Gasteiger partial charge on any atom is -0.0843 e. The highest BCUT2D eigenvalue weighted by Gasteiger charge is 2.14. The zero-order valence-corrected chi connectivity index (χ0v) is 15.3. The van der Waals surface area contributed by atoms with Gasteiger partial charge in [0, 0.05) is 9.50 Å². The molecule has 20 heavy (non-hydrogen) atoms. The summed E-state index contributed by atoms with van der Waals surface area (Å²) in [5.74, 6) is 0. The second-order valence-corrected chi connectivity index (χ2v) is 7.08. The van der Waals surface area contributed by atoms with Crippen molar-refractivity contribution in [2.45, 2.75) is 31.0 Å². The summed E-state index contributed by atoms with van der Waals surface area (Å²) in [5, 5.41) is 0.757. The molecule has 0 bridgehead atoms. The molecule has 0 fully saturated rings. The predicted octanol–water partition coefficient (Wildman–Crippen LogP) is 6.93. The molecule has 0 aromatic heterocycles. The third-order valence-corrected chi connectivity index (χ3v) is 5.30. The molecule has 2 rings (SSSR count). The van der Waals surface area contributed by atoms with Crippen LogP contribution < -0.4 is 0 Å². The molecule has 2 aromatic rings. The van der Waals surface area contributed by atoms with Crippen LogP contribution in [0.4, 0.5) is 0 Å². The SMILES string of the molecule is CCCCc1ccc(C(Br)c2cc(Cl)ccc2Br)cc1. The number of unbranched alkanes of at least 4 members (excludes halogenated alkanes) is 1. The molecule has 0 nitrogen and oxygen atoms in total. The van der Waals surface area contributed by atoms with Crippen LogP contribution in [-0.4, -0.2) is 0 Å². The molecule has 0 aliphatic rings. The van der Waals surface area contributed by atoms with E-state index in [4.69, 9.17) is 11.6 Å². The van der Waals surface area contributed by atoms with Gasteiger partial charge in [0.15, 0.2) is 0 Å². The highest BCUT2D eigenvalue weighted by atomic mass is 79.9. The highest BCUT2D eigenvalue weighted by molar-refractivity contribution is 9.11. The minimum absolute atomic E-state index is 0.149. The smallest absolute Gasteiger partial charge is 0.0656 e. The Balaban J connectivity index is 2.20. The molecule has 0 N–H and O–H groups in total. The standard InChI is InChI=1S/C17H17Br2Cl/c1-2-3-4-12-5-7-13(8-6-12)17(19)15-11-14(20)9-10-16(15)18/h5-11,17H,2-4H2,1H3. The molecule has 0 spiro atoms. The van der Waals surface area contributed by atoms with E-state index in [1.807, 2.05) is 18.2 Å². The van der Waals surface area contributed by atoms with E-state index in [-0.39, 0.29) is 4.83 Å². The van der Waals surface area contributed by atoms with Crippen LogP contribution in [0.15, 0.2) is 46.9 Å². The zero-order chi connectivity index (χ0) is 14.5. The molecule has 106 valence electrons. The summed E-state index contributed by atoms with van der Waals surface area (Å²) < 4.78 is 1.07. The lowest BCUT2D eigenvalue weighted by molar-refractivity contribution is 0.795. The van der Waals surface area contributed by atoms with Crippen molar-refractivity contribution in [2.24, 2.45) is 0 Å². The van der Waals surface area contributed by atoms with Crippen molar-refractivity contribution in [3.05, 3.63) is 68.7 Å². The Hall–Kier alpha value is -0.310. The van der Waals surface area contributed by atoms with Crippen LogP contribution in [0.3, 0.4) is 0 Å². The Morgan fingerprint density at radius 3 is 2.45 bits per heavy atom. The van der Waals surface area contributed by atoms with Crippen molar-refractivity contribution in [3.8, 4) is 0 Å². The van der Waals surface area contributed by atoms with E-state index < -0.39 is 0 Å². The topological polar surface area (TPSA) is 0 Å². The molecule has 2 aromatic carbocycles. The molecule has 1 unspecified atom stereocenters. The van der Waals surface area contributed by atoms with Gasteiger partial charge in [0.1, 0.15) is 0 Å². The second kappa shape index (κ2) is 7.63. The van der Waals surface area contributed by atoms with E-state index in [0.717, 1.165) is 21.5 Å². The molecule has 0 amide bonds. The van der Waals surface area contributed by atoms with Crippen LogP contribution >= 0.6 is 43.5 Å². The summed E-state index contributed by atoms with van der Waals surface area (Å²) in [7, 11) is 0. The van der Waals surface area contributed by atoms with Crippen molar-refractivity contribution in [2.75, 3.05) is 0 Å². The van der Waals surface area contributed by atoms with E-state index in [1.165, 1.54) is 24.0 Å². The lowest BCUT2D eigenvalue weighted by atomic mass is 10.0. The normalized spacial score (nSPS) is 12.4. The Morgan fingerprint density at radius 1 is 1.10 bits per heavy atom. The molecule has 0 aliphatic heterocycles. The summed E-state index contributed by atoms with van der Waals surface area (Å²) in [6, 6.07) is 14.7. The average molecular weight is 417 g/mol. The van der Waals surface area contributed by atoms with E-state index in [1.54, 1.807) is 0 Å². The van der Waals surface area contributed by atoms with E-state index in [2.05, 4.69) is 63.0 Å². The second-order valence-electron chi connectivity index (χ2n) is 4.87. The van der Waals surface area contributed by atoms with Gasteiger partial charge in [0.2, 0.25) is 0 Å². The summed E-state index contributed by atoms with van der Waals surface area (Å²) in [6.07, 6.45) is 3.64. The fourth-order valence-electron chi connectivity index (χ4n) is 2.12. The van der Waals surface area contributed by atoms with Crippen LogP contribution in [0.1, 0.15) is 41.3 Å². The number of benzene rings is 2. The molecule has 1 atom stereocenters. The van der Waals surface area contributed by atoms with Crippen molar-refractivity contribution in [3.63, 3.8) is 0 Å². The maximum Gasteiger partial charge on any atom is 0.0656 e. The summed E-state index contributed by atoms with van der Waals surface area (Å²) in [5.41, 5.74) is 3.80. The summed E-state index contributed by atoms with van der Waals surface area (Å²) in [4.78, 5) is 0.149. The quantitative estimate of drug-likeness (QED) is 0.464. The van der Waals surface area contributed by atoms with Crippen molar-refractivity contribution in [1.29, 1.82) is 0 Å². The van der Waals surface area contributed by atoms with E-state index in [0.29, 0.717) is 0 Å². The Kier molecular flexibility index (Phi) is 6.13. The van der Waals surface area contributed by atoms with Crippen LogP contribution in [0.5, 0.6) is 0 Å². The first-order valence-corrected chi connectivity index (χ1v) is 8.88. The molecule has 0 saturated carbocycles. The minimum atomic E-state index is 0.149. The van der Waals surface area contributed by atoms with Gasteiger partial charge >= 0.3 is 0 Å². The number of alkyl halides is 1. The zero-order valence-electron chi connectivity index (χ0n) is 11.4. The summed E-state index contributed by atoms with van der Waals surface area (Å²) in [6.45, 7) is 2.22. The Morgan fingerprint density at radius 2 is 1.80 bits per heavy atom. The third-order valence-electron chi connectivity index (χ3n) is 3.32. The Bertz CT molecular complexity index is 564. The first kappa shape index (κ1) is 16.1. The van der Waals surface area contributed by atoms with Gasteiger partial charge in [-0.25, -0.2) is 0 Å². The third kappa shape index (κ3) is 4.09. The van der Waals surface area contributed by atoms with Gasteiger partial charge in [-0.05, 0) is 47.7 Å². The van der Waals surface area contributed by atoms with Gasteiger partial charge in [-0.3, -0.25) is 0 Å². The maximum atomic E-state index is 6.09. The van der Waals surface area contributed by atoms with Crippen molar-refractivity contribution >= 4 is 43.5 Å². The molecular formula is C17H17Br2Cl. The fraction of sp³-hybridized carbons (Fsp3) is 0.294. The van der Waals surface area contributed by atoms with Crippen LogP contribution in [0.25, 0.3) is 0 Å². The number of halogens is 3. The van der Waals surface area contributed by atoms with Gasteiger partial charge in [-0.2, -0.15) is 0 Å². The first-order chi connectivity index (χ1) is 9.61. The molecule has 0 aliphatic carbocycles. The van der Waals surface area contributed by atoms with Gasteiger partial charge in [0.25, 0.3) is 0 Å². The monoisotopic (exact) mass is 414 g/mol. The van der Waals surface area contributed by atoms with Crippen LogP contribution in [0, 0.1) is 0 Å². The van der Waals surface area contributed by atoms with E-state index in [9.17, 15) is 0 Å². The largest absolute Gasteiger partial charge is 0.0843 e. The number of hydrogen-bond acceptors (Lipinski definition) is 0. The van der Waals surface area contributed by atoms with Gasteiger partial charge in [-0.15, -0.1) is 0 Å². The van der Waals surface area contributed by atoms with Gasteiger partial charge in [-0.1, -0.05) is 81.1 Å². The van der Waals surface area contributed by atoms with Crippen molar-refractivity contribution < 1.29 is 0 Å². The van der Waals surface area contributed by atoms with Gasteiger partial charge < -0.3 is 0 Å². The van der Waals surface area contributed by atoms with Crippen molar-refractivity contribution in [1.82, 2.24) is 0 Å². The molecule has 3 heteroatoms. The number of aryl methyl sites for hydroxylation is 1. The molecular weight excluding hydrogens is 399 g/mol. The fourth-order valence-corrected chi connectivity index (χ4v) is 3.77.